The molecule has 0 radical (unpaired) electrons. The Labute approximate surface area is 186 Å². The Bertz CT molecular complexity index is 610. The Morgan fingerprint density at radius 1 is 1.04 bits per heavy atom. The smallest absolute Gasteiger partial charge is 0.192 e. The third-order valence-corrected chi connectivity index (χ3v) is 14.7. The van der Waals surface area contributed by atoms with Crippen LogP contribution in [0.1, 0.15) is 54.9 Å². The second-order valence-corrected chi connectivity index (χ2v) is 19.4. The van der Waals surface area contributed by atoms with E-state index in [0.717, 1.165) is 6.42 Å². The van der Waals surface area contributed by atoms with Crippen LogP contribution in [0.15, 0.2) is 35.2 Å². The van der Waals surface area contributed by atoms with Crippen molar-refractivity contribution in [1.82, 2.24) is 0 Å². The van der Waals surface area contributed by atoms with Crippen molar-refractivity contribution in [2.45, 2.75) is 106 Å². The van der Waals surface area contributed by atoms with Gasteiger partial charge in [0.05, 0.1) is 12.2 Å². The lowest BCUT2D eigenvalue weighted by atomic mass is 10.1. The summed E-state index contributed by atoms with van der Waals surface area (Å²) in [7, 11) is 2.12. The van der Waals surface area contributed by atoms with Crippen LogP contribution >= 0.6 is 33.3 Å². The number of thioether (sulfide) groups is 1. The molecule has 1 aliphatic heterocycles. The van der Waals surface area contributed by atoms with Gasteiger partial charge in [-0.25, -0.2) is 0 Å². The normalized spacial score (nSPS) is 27.0. The first-order valence-corrected chi connectivity index (χ1v) is 16.2. The fourth-order valence-electron chi connectivity index (χ4n) is 2.71. The van der Waals surface area contributed by atoms with Crippen molar-refractivity contribution in [3.05, 3.63) is 30.3 Å². The van der Waals surface area contributed by atoms with E-state index in [1.54, 1.807) is 0 Å². The zero-order valence-electron chi connectivity index (χ0n) is 18.9. The highest BCUT2D eigenvalue weighted by molar-refractivity contribution is 8.77. The summed E-state index contributed by atoms with van der Waals surface area (Å²) >= 11 is 1.84. The highest BCUT2D eigenvalue weighted by Crippen LogP contribution is 2.48. The predicted molar refractivity (Wildman–Crippen MR) is 132 cm³/mol. The fourth-order valence-corrected chi connectivity index (χ4v) is 8.33. The quantitative estimate of drug-likeness (QED) is 0.318. The summed E-state index contributed by atoms with van der Waals surface area (Å²) in [6.45, 7) is 20.7. The number of hydrogen-bond donors (Lipinski definition) is 0. The topological polar surface area (TPSA) is 18.5 Å². The first kappa shape index (κ1) is 24.7. The van der Waals surface area contributed by atoms with Gasteiger partial charge in [0.25, 0.3) is 0 Å². The molecule has 0 aliphatic carbocycles. The molecule has 1 fully saturated rings. The Balaban J connectivity index is 2.16. The summed E-state index contributed by atoms with van der Waals surface area (Å²) in [5.74, 6) is 0. The van der Waals surface area contributed by atoms with E-state index < -0.39 is 8.32 Å². The van der Waals surface area contributed by atoms with Gasteiger partial charge in [-0.3, -0.25) is 0 Å². The second kappa shape index (κ2) is 9.69. The number of ether oxygens (including phenoxy) is 1. The molecule has 0 amide bonds. The van der Waals surface area contributed by atoms with Crippen molar-refractivity contribution in [2.24, 2.45) is 0 Å². The van der Waals surface area contributed by atoms with E-state index in [1.165, 1.54) is 4.90 Å². The van der Waals surface area contributed by atoms with E-state index in [-0.39, 0.29) is 27.4 Å². The van der Waals surface area contributed by atoms with Crippen LogP contribution in [-0.2, 0) is 9.16 Å². The summed E-state index contributed by atoms with van der Waals surface area (Å²) in [5, 5.41) is 0.637. The summed E-state index contributed by atoms with van der Waals surface area (Å²) in [6.07, 6.45) is 1.26. The van der Waals surface area contributed by atoms with Crippen LogP contribution in [0.25, 0.3) is 0 Å². The molecular formula is C22H38O2S3Si. The molecule has 2 nitrogen and oxygen atoms in total. The molecule has 0 unspecified atom stereocenters. The van der Waals surface area contributed by atoms with Crippen LogP contribution in [0.5, 0.6) is 0 Å². The molecule has 4 atom stereocenters. The van der Waals surface area contributed by atoms with Gasteiger partial charge in [0.15, 0.2) is 8.32 Å². The van der Waals surface area contributed by atoms with Crippen molar-refractivity contribution in [3.63, 3.8) is 0 Å². The van der Waals surface area contributed by atoms with Gasteiger partial charge >= 0.3 is 0 Å². The second-order valence-electron chi connectivity index (χ2n) is 10.1. The van der Waals surface area contributed by atoms with Crippen molar-refractivity contribution < 1.29 is 9.16 Å². The molecule has 0 spiro atoms. The van der Waals surface area contributed by atoms with Crippen molar-refractivity contribution in [3.8, 4) is 0 Å². The lowest BCUT2D eigenvalue weighted by molar-refractivity contribution is -0.0666. The Morgan fingerprint density at radius 3 is 2.18 bits per heavy atom. The van der Waals surface area contributed by atoms with Crippen LogP contribution in [0.3, 0.4) is 0 Å². The van der Waals surface area contributed by atoms with Crippen LogP contribution in [0, 0.1) is 0 Å². The maximum Gasteiger partial charge on any atom is 0.192 e. The zero-order valence-corrected chi connectivity index (χ0v) is 22.4. The third kappa shape index (κ3) is 7.27. The molecule has 1 saturated heterocycles. The molecule has 1 aliphatic rings. The maximum absolute atomic E-state index is 6.90. The molecule has 0 saturated carbocycles. The van der Waals surface area contributed by atoms with E-state index in [1.807, 2.05) is 33.3 Å². The van der Waals surface area contributed by atoms with Crippen molar-refractivity contribution >= 4 is 41.7 Å². The third-order valence-electron chi connectivity index (χ3n) is 5.29. The molecule has 1 aromatic rings. The minimum absolute atomic E-state index is 0.0992. The lowest BCUT2D eigenvalue weighted by Gasteiger charge is -2.46. The number of hydrogen-bond acceptors (Lipinski definition) is 5. The minimum Gasteiger partial charge on any atom is -0.410 e. The molecule has 0 bridgehead atoms. The summed E-state index contributed by atoms with van der Waals surface area (Å²) < 4.78 is 13.6. The fraction of sp³-hybridized carbons (Fsp3) is 0.727. The van der Waals surface area contributed by atoms with Crippen molar-refractivity contribution in [2.75, 3.05) is 0 Å². The molecule has 2 rings (SSSR count). The summed E-state index contributed by atoms with van der Waals surface area (Å²) in [4.78, 5) is 1.27. The molecule has 1 aromatic carbocycles. The summed E-state index contributed by atoms with van der Waals surface area (Å²) in [5.41, 5.74) is 0.176. The number of benzene rings is 1. The SMILES string of the molecule is C[C@H]1O[C@@H](Sc2ccccc2)C[C@@H](SSC(C)(C)C)[C@@H]1O[Si](C)(C)C(C)(C)C. The van der Waals surface area contributed by atoms with E-state index in [9.17, 15) is 0 Å². The standard InChI is InChI=1S/C22H38O2S3Si/c1-16-20(24-28(8,9)22(5,6)7)18(26-27-21(2,3)4)15-19(23-16)25-17-13-11-10-12-14-17/h10-14,16,18-20H,15H2,1-9H3/t16-,18-,19+,20-/m1/s1. The van der Waals surface area contributed by atoms with Gasteiger partial charge in [0.2, 0.25) is 0 Å². The number of rotatable bonds is 6. The van der Waals surface area contributed by atoms with Crippen LogP contribution in [0.4, 0.5) is 0 Å². The van der Waals surface area contributed by atoms with Crippen LogP contribution < -0.4 is 0 Å². The van der Waals surface area contributed by atoms with E-state index >= 15 is 0 Å². The molecule has 0 N–H and O–H groups in total. The Kier molecular flexibility index (Phi) is 8.54. The van der Waals surface area contributed by atoms with Gasteiger partial charge in [-0.15, -0.1) is 0 Å². The monoisotopic (exact) mass is 458 g/mol. The van der Waals surface area contributed by atoms with Gasteiger partial charge in [-0.05, 0) is 43.6 Å². The van der Waals surface area contributed by atoms with E-state index in [0.29, 0.717) is 5.25 Å². The largest absolute Gasteiger partial charge is 0.410 e. The first-order valence-electron chi connectivity index (χ1n) is 10.2. The molecule has 6 heteroatoms. The Morgan fingerprint density at radius 2 is 1.64 bits per heavy atom. The lowest BCUT2D eigenvalue weighted by Crippen LogP contribution is -2.53. The van der Waals surface area contributed by atoms with Crippen molar-refractivity contribution in [1.29, 1.82) is 0 Å². The van der Waals surface area contributed by atoms with Crippen LogP contribution in [-0.4, -0.2) is 36.0 Å². The molecule has 160 valence electrons. The van der Waals surface area contributed by atoms with E-state index in [2.05, 4.69) is 91.9 Å². The predicted octanol–water partition coefficient (Wildman–Crippen LogP) is 7.85. The Hall–Kier alpha value is 0.407. The molecular weight excluding hydrogens is 421 g/mol. The summed E-state index contributed by atoms with van der Waals surface area (Å²) in [6, 6.07) is 10.6. The minimum atomic E-state index is -1.86. The van der Waals surface area contributed by atoms with Gasteiger partial charge in [-0.2, -0.15) is 0 Å². The average molecular weight is 459 g/mol. The van der Waals surface area contributed by atoms with Gasteiger partial charge in [0.1, 0.15) is 5.44 Å². The highest BCUT2D eigenvalue weighted by Gasteiger charge is 2.45. The van der Waals surface area contributed by atoms with Gasteiger partial charge in [-0.1, -0.05) is 93.1 Å². The van der Waals surface area contributed by atoms with Gasteiger partial charge in [0, 0.05) is 14.9 Å². The molecule has 28 heavy (non-hydrogen) atoms. The van der Waals surface area contributed by atoms with Gasteiger partial charge < -0.3 is 9.16 Å². The maximum atomic E-state index is 6.90. The highest BCUT2D eigenvalue weighted by atomic mass is 33.1. The average Bonchev–Trinajstić information content (AvgIpc) is 2.55. The molecule has 0 aromatic heterocycles. The first-order chi connectivity index (χ1) is 12.8. The molecule has 1 heterocycles. The van der Waals surface area contributed by atoms with Crippen LogP contribution in [0.2, 0.25) is 18.1 Å². The zero-order chi connectivity index (χ0) is 21.2. The van der Waals surface area contributed by atoms with E-state index in [4.69, 9.17) is 9.16 Å².